The zero-order valence-electron chi connectivity index (χ0n) is 19.0. The molecule has 0 radical (unpaired) electrons. The van der Waals surface area contributed by atoms with Crippen LogP contribution in [-0.2, 0) is 5.41 Å². The summed E-state index contributed by atoms with van der Waals surface area (Å²) in [6.07, 6.45) is 3.26. The summed E-state index contributed by atoms with van der Waals surface area (Å²) in [5.41, 5.74) is 8.38. The Morgan fingerprint density at radius 2 is 1.94 bits per heavy atom. The van der Waals surface area contributed by atoms with Crippen molar-refractivity contribution >= 4 is 5.69 Å². The van der Waals surface area contributed by atoms with E-state index in [9.17, 15) is 9.65 Å². The second-order valence-corrected chi connectivity index (χ2v) is 8.18. The molecule has 0 unspecified atom stereocenters. The first-order valence-corrected chi connectivity index (χ1v) is 10.6. The van der Waals surface area contributed by atoms with Crippen molar-refractivity contribution in [1.29, 1.82) is 5.26 Å². The Morgan fingerprint density at radius 3 is 2.68 bits per heavy atom. The highest BCUT2D eigenvalue weighted by molar-refractivity contribution is 5.64. The molecule has 3 heterocycles. The largest absolute Gasteiger partial charge is 0.414 e. The molecule has 9 nitrogen and oxygen atoms in total. The summed E-state index contributed by atoms with van der Waals surface area (Å²) in [4.78, 5) is 13.4. The monoisotopic (exact) mass is 458 g/mol. The van der Waals surface area contributed by atoms with E-state index in [1.807, 2.05) is 0 Å². The van der Waals surface area contributed by atoms with Crippen LogP contribution in [-0.4, -0.2) is 38.2 Å². The fourth-order valence-corrected chi connectivity index (χ4v) is 3.22. The third kappa shape index (κ3) is 4.60. The van der Waals surface area contributed by atoms with E-state index in [-0.39, 0.29) is 17.3 Å². The van der Waals surface area contributed by atoms with Gasteiger partial charge in [-0.1, -0.05) is 0 Å². The van der Waals surface area contributed by atoms with Crippen LogP contribution >= 0.6 is 0 Å². The maximum atomic E-state index is 14.6. The van der Waals surface area contributed by atoms with Gasteiger partial charge in [0.25, 0.3) is 11.8 Å². The van der Waals surface area contributed by atoms with Crippen molar-refractivity contribution in [3.05, 3.63) is 59.9 Å². The van der Waals surface area contributed by atoms with Crippen LogP contribution in [0.25, 0.3) is 34.3 Å². The molecule has 4 rings (SSSR count). The smallest absolute Gasteiger partial charge is 0.268 e. The van der Waals surface area contributed by atoms with Crippen molar-refractivity contribution in [3.63, 3.8) is 0 Å². The van der Waals surface area contributed by atoms with Crippen LogP contribution in [0.1, 0.15) is 25.2 Å². The molecule has 0 aliphatic heterocycles. The fraction of sp³-hybridized carbons (Fsp3) is 0.250. The molecule has 3 aromatic heterocycles. The Morgan fingerprint density at radius 1 is 1.15 bits per heavy atom. The van der Waals surface area contributed by atoms with Crippen molar-refractivity contribution in [3.8, 4) is 40.4 Å². The van der Waals surface area contributed by atoms with Gasteiger partial charge in [0.1, 0.15) is 11.5 Å². The molecule has 0 fully saturated rings. The van der Waals surface area contributed by atoms with Crippen LogP contribution in [0, 0.1) is 24.1 Å². The highest BCUT2D eigenvalue weighted by atomic mass is 19.1. The van der Waals surface area contributed by atoms with Crippen LogP contribution < -0.4 is 11.1 Å². The first kappa shape index (κ1) is 22.9. The number of hydrogen-bond donors (Lipinski definition) is 2. The highest BCUT2D eigenvalue weighted by Crippen LogP contribution is 2.30. The molecule has 0 amide bonds. The van der Waals surface area contributed by atoms with Crippen LogP contribution in [0.2, 0.25) is 0 Å². The topological polar surface area (TPSA) is 139 Å². The number of aryl methyl sites for hydroxylation is 1. The number of benzene rings is 1. The summed E-state index contributed by atoms with van der Waals surface area (Å²) in [5, 5.41) is 20.5. The number of nitrogens with one attached hydrogen (secondary N) is 1. The minimum Gasteiger partial charge on any atom is -0.414 e. The predicted molar refractivity (Wildman–Crippen MR) is 125 cm³/mol. The van der Waals surface area contributed by atoms with Crippen molar-refractivity contribution in [2.75, 3.05) is 18.4 Å². The van der Waals surface area contributed by atoms with Crippen molar-refractivity contribution < 1.29 is 8.81 Å². The lowest BCUT2D eigenvalue weighted by Gasteiger charge is -2.15. The molecule has 34 heavy (non-hydrogen) atoms. The van der Waals surface area contributed by atoms with Gasteiger partial charge in [0.05, 0.1) is 40.3 Å². The molecule has 0 aliphatic carbocycles. The minimum absolute atomic E-state index is 0.0337. The molecule has 0 atom stereocenters. The molecular formula is C24H23FN8O. The third-order valence-corrected chi connectivity index (χ3v) is 5.23. The lowest BCUT2D eigenvalue weighted by atomic mass is 9.90. The zero-order chi connectivity index (χ0) is 24.3. The Bertz CT molecular complexity index is 1380. The van der Waals surface area contributed by atoms with Gasteiger partial charge in [0.2, 0.25) is 0 Å². The Kier molecular flexibility index (Phi) is 6.30. The van der Waals surface area contributed by atoms with E-state index in [0.29, 0.717) is 41.6 Å². The van der Waals surface area contributed by atoms with E-state index >= 15 is 0 Å². The van der Waals surface area contributed by atoms with Gasteiger partial charge in [0.15, 0.2) is 0 Å². The van der Waals surface area contributed by atoms with E-state index in [1.165, 1.54) is 6.07 Å². The molecule has 4 aromatic rings. The second kappa shape index (κ2) is 9.33. The summed E-state index contributed by atoms with van der Waals surface area (Å²) >= 11 is 0. The number of aromatic nitrogens is 5. The van der Waals surface area contributed by atoms with Gasteiger partial charge in [-0.05, 0) is 51.1 Å². The molecule has 0 saturated carbocycles. The van der Waals surface area contributed by atoms with Crippen LogP contribution in [0.4, 0.5) is 10.1 Å². The SMILES string of the molecule is Cc1ncc(-c2ccnc(C(C)(C)C#N)c2)nc1-c1nnc(-c2ccc(NCCN)cc2F)o1. The maximum Gasteiger partial charge on any atom is 0.268 e. The minimum atomic E-state index is -0.752. The molecule has 0 aliphatic rings. The van der Waals surface area contributed by atoms with E-state index in [0.717, 1.165) is 5.56 Å². The van der Waals surface area contributed by atoms with Gasteiger partial charge >= 0.3 is 0 Å². The number of pyridine rings is 1. The molecule has 0 spiro atoms. The number of nitrogens with zero attached hydrogens (tertiary/aromatic N) is 6. The molecule has 1 aromatic carbocycles. The van der Waals surface area contributed by atoms with Gasteiger partial charge in [-0.3, -0.25) is 9.97 Å². The normalized spacial score (nSPS) is 11.3. The van der Waals surface area contributed by atoms with Gasteiger partial charge in [-0.15, -0.1) is 10.2 Å². The Balaban J connectivity index is 1.67. The fourth-order valence-electron chi connectivity index (χ4n) is 3.22. The van der Waals surface area contributed by atoms with E-state index in [1.54, 1.807) is 57.4 Å². The standard InChI is InChI=1S/C24H23FN8O/c1-14-21(31-19(12-30-14)15-6-8-29-20(10-15)24(2,3)13-27)23-33-32-22(34-23)17-5-4-16(11-18(17)25)28-9-7-26/h4-6,8,10-12,28H,7,9,26H2,1-3H3. The van der Waals surface area contributed by atoms with Gasteiger partial charge < -0.3 is 15.5 Å². The molecular weight excluding hydrogens is 435 g/mol. The predicted octanol–water partition coefficient (Wildman–Crippen LogP) is 3.87. The summed E-state index contributed by atoms with van der Waals surface area (Å²) in [6, 6.07) is 10.5. The highest BCUT2D eigenvalue weighted by Gasteiger charge is 2.23. The van der Waals surface area contributed by atoms with E-state index in [2.05, 4.69) is 36.5 Å². The van der Waals surface area contributed by atoms with Crippen LogP contribution in [0.5, 0.6) is 0 Å². The number of nitriles is 1. The number of halogens is 1. The molecule has 0 saturated heterocycles. The van der Waals surface area contributed by atoms with Gasteiger partial charge in [0, 0.05) is 30.5 Å². The molecule has 0 bridgehead atoms. The summed E-state index contributed by atoms with van der Waals surface area (Å²) in [7, 11) is 0. The van der Waals surface area contributed by atoms with Crippen LogP contribution in [0.3, 0.4) is 0 Å². The van der Waals surface area contributed by atoms with Crippen LogP contribution in [0.15, 0.2) is 47.1 Å². The number of hydrogen-bond acceptors (Lipinski definition) is 9. The molecule has 10 heteroatoms. The first-order valence-electron chi connectivity index (χ1n) is 10.6. The number of anilines is 1. The molecule has 3 N–H and O–H groups in total. The third-order valence-electron chi connectivity index (χ3n) is 5.23. The number of rotatable bonds is 7. The summed E-state index contributed by atoms with van der Waals surface area (Å²) in [5.74, 6) is -0.345. The first-order chi connectivity index (χ1) is 16.3. The summed E-state index contributed by atoms with van der Waals surface area (Å²) in [6.45, 7) is 6.33. The van der Waals surface area contributed by atoms with E-state index in [4.69, 9.17) is 10.2 Å². The second-order valence-electron chi connectivity index (χ2n) is 8.18. The maximum absolute atomic E-state index is 14.6. The summed E-state index contributed by atoms with van der Waals surface area (Å²) < 4.78 is 20.4. The van der Waals surface area contributed by atoms with Crippen molar-refractivity contribution in [2.45, 2.75) is 26.2 Å². The lowest BCUT2D eigenvalue weighted by Crippen LogP contribution is -2.15. The Hall–Kier alpha value is -4.23. The lowest BCUT2D eigenvalue weighted by molar-refractivity contribution is 0.568. The van der Waals surface area contributed by atoms with E-state index < -0.39 is 11.2 Å². The Labute approximate surface area is 195 Å². The van der Waals surface area contributed by atoms with Gasteiger partial charge in [-0.25, -0.2) is 9.37 Å². The van der Waals surface area contributed by atoms with Crippen molar-refractivity contribution in [2.24, 2.45) is 5.73 Å². The zero-order valence-corrected chi connectivity index (χ0v) is 19.0. The average molecular weight is 459 g/mol. The average Bonchev–Trinajstić information content (AvgIpc) is 3.33. The van der Waals surface area contributed by atoms with Crippen molar-refractivity contribution in [1.82, 2.24) is 25.1 Å². The molecule has 172 valence electrons. The number of nitrogens with two attached hydrogens (primary N) is 1. The quantitative estimate of drug-likeness (QED) is 0.422. The van der Waals surface area contributed by atoms with Gasteiger partial charge in [-0.2, -0.15) is 5.26 Å².